The molecule has 0 amide bonds. The van der Waals surface area contributed by atoms with Crippen molar-refractivity contribution in [2.24, 2.45) is 0 Å². The molecular weight excluding hydrogens is 230 g/mol. The van der Waals surface area contributed by atoms with Crippen molar-refractivity contribution in [1.29, 1.82) is 0 Å². The van der Waals surface area contributed by atoms with Gasteiger partial charge in [-0.05, 0) is 32.7 Å². The lowest BCUT2D eigenvalue weighted by Gasteiger charge is -2.23. The third kappa shape index (κ3) is 3.84. The molecule has 0 aromatic carbocycles. The van der Waals surface area contributed by atoms with Crippen LogP contribution in [0, 0.1) is 6.92 Å². The highest BCUT2D eigenvalue weighted by molar-refractivity contribution is 5.20. The van der Waals surface area contributed by atoms with E-state index >= 15 is 0 Å². The first-order valence-corrected chi connectivity index (χ1v) is 6.54. The minimum atomic E-state index is 0.549. The van der Waals surface area contributed by atoms with Crippen molar-refractivity contribution >= 4 is 0 Å². The molecule has 0 radical (unpaired) electrons. The highest BCUT2D eigenvalue weighted by Gasteiger charge is 2.12. The minimum Gasteiger partial charge on any atom is -0.481 e. The van der Waals surface area contributed by atoms with Crippen molar-refractivity contribution in [3.63, 3.8) is 0 Å². The fraction of sp³-hybridized carbons (Fsp3) is 0.692. The molecule has 0 bridgehead atoms. The van der Waals surface area contributed by atoms with Gasteiger partial charge in [0.1, 0.15) is 5.82 Å². The number of aryl methyl sites for hydroxylation is 1. The zero-order valence-electron chi connectivity index (χ0n) is 11.1. The Labute approximate surface area is 108 Å². The highest BCUT2D eigenvalue weighted by Crippen LogP contribution is 2.16. The smallest absolute Gasteiger partial charge is 0.220 e. The van der Waals surface area contributed by atoms with Gasteiger partial charge in [0.25, 0.3) is 0 Å². The number of aromatic nitrogens is 2. The van der Waals surface area contributed by atoms with Gasteiger partial charge in [0.15, 0.2) is 0 Å². The molecule has 1 aromatic heterocycles. The van der Waals surface area contributed by atoms with Crippen LogP contribution in [0.2, 0.25) is 0 Å². The maximum absolute atomic E-state index is 5.66. The van der Waals surface area contributed by atoms with Gasteiger partial charge >= 0.3 is 0 Å². The Hall–Kier alpha value is -1.36. The van der Waals surface area contributed by atoms with Crippen LogP contribution in [-0.2, 0) is 0 Å². The standard InChI is InChI=1S/C13H21N3O2/c1-10-15-12(17-2)9-13(16-10)18-8-6-11-5-3-4-7-14-11/h9,11,14H,3-8H2,1-2H3. The summed E-state index contributed by atoms with van der Waals surface area (Å²) < 4.78 is 10.7. The van der Waals surface area contributed by atoms with Crippen molar-refractivity contribution in [2.45, 2.75) is 38.6 Å². The zero-order valence-corrected chi connectivity index (χ0v) is 11.1. The van der Waals surface area contributed by atoms with Gasteiger partial charge in [0.05, 0.1) is 19.8 Å². The number of rotatable bonds is 5. The van der Waals surface area contributed by atoms with Gasteiger partial charge in [-0.2, -0.15) is 9.97 Å². The lowest BCUT2D eigenvalue weighted by Crippen LogP contribution is -2.35. The molecule has 1 aliphatic heterocycles. The number of nitrogens with one attached hydrogen (secondary N) is 1. The molecule has 100 valence electrons. The van der Waals surface area contributed by atoms with Crippen LogP contribution in [0.4, 0.5) is 0 Å². The van der Waals surface area contributed by atoms with E-state index in [2.05, 4.69) is 15.3 Å². The molecule has 5 nitrogen and oxygen atoms in total. The molecule has 1 aliphatic rings. The van der Waals surface area contributed by atoms with Gasteiger partial charge in [0.2, 0.25) is 11.8 Å². The summed E-state index contributed by atoms with van der Waals surface area (Å²) in [6, 6.07) is 2.31. The molecule has 1 aromatic rings. The lowest BCUT2D eigenvalue weighted by atomic mass is 10.0. The van der Waals surface area contributed by atoms with Crippen LogP contribution in [0.3, 0.4) is 0 Å². The fourth-order valence-corrected chi connectivity index (χ4v) is 2.17. The second kappa shape index (κ2) is 6.54. The Kier molecular flexibility index (Phi) is 4.75. The summed E-state index contributed by atoms with van der Waals surface area (Å²) in [5.41, 5.74) is 0. The van der Waals surface area contributed by atoms with Gasteiger partial charge in [-0.1, -0.05) is 6.42 Å². The van der Waals surface area contributed by atoms with Crippen LogP contribution < -0.4 is 14.8 Å². The predicted octanol–water partition coefficient (Wildman–Crippen LogP) is 1.70. The van der Waals surface area contributed by atoms with Gasteiger partial charge in [0, 0.05) is 6.04 Å². The summed E-state index contributed by atoms with van der Waals surface area (Å²) in [5.74, 6) is 1.81. The summed E-state index contributed by atoms with van der Waals surface area (Å²) >= 11 is 0. The Morgan fingerprint density at radius 3 is 2.89 bits per heavy atom. The zero-order chi connectivity index (χ0) is 12.8. The quantitative estimate of drug-likeness (QED) is 0.863. The number of ether oxygens (including phenoxy) is 2. The van der Waals surface area contributed by atoms with Crippen molar-refractivity contribution in [2.75, 3.05) is 20.3 Å². The topological polar surface area (TPSA) is 56.3 Å². The van der Waals surface area contributed by atoms with Crippen LogP contribution in [0.25, 0.3) is 0 Å². The molecule has 1 N–H and O–H groups in total. The first kappa shape index (κ1) is 13.1. The summed E-state index contributed by atoms with van der Waals surface area (Å²) in [7, 11) is 1.59. The van der Waals surface area contributed by atoms with E-state index in [1.54, 1.807) is 13.2 Å². The number of nitrogens with zero attached hydrogens (tertiary/aromatic N) is 2. The van der Waals surface area contributed by atoms with E-state index in [0.29, 0.717) is 30.2 Å². The summed E-state index contributed by atoms with van der Waals surface area (Å²) in [6.45, 7) is 3.64. The first-order valence-electron chi connectivity index (χ1n) is 6.54. The SMILES string of the molecule is COc1cc(OCCC2CCCCN2)nc(C)n1. The van der Waals surface area contributed by atoms with Crippen LogP contribution in [-0.4, -0.2) is 36.3 Å². The fourth-order valence-electron chi connectivity index (χ4n) is 2.17. The monoisotopic (exact) mass is 251 g/mol. The van der Waals surface area contributed by atoms with E-state index < -0.39 is 0 Å². The van der Waals surface area contributed by atoms with E-state index in [0.717, 1.165) is 13.0 Å². The second-order valence-corrected chi connectivity index (χ2v) is 4.58. The average Bonchev–Trinajstić information content (AvgIpc) is 2.39. The van der Waals surface area contributed by atoms with Crippen molar-refractivity contribution < 1.29 is 9.47 Å². The predicted molar refractivity (Wildman–Crippen MR) is 69.1 cm³/mol. The molecule has 0 spiro atoms. The molecule has 18 heavy (non-hydrogen) atoms. The van der Waals surface area contributed by atoms with Gasteiger partial charge in [-0.25, -0.2) is 0 Å². The van der Waals surface area contributed by atoms with E-state index in [4.69, 9.17) is 9.47 Å². The van der Waals surface area contributed by atoms with E-state index in [9.17, 15) is 0 Å². The maximum atomic E-state index is 5.66. The maximum Gasteiger partial charge on any atom is 0.220 e. The number of hydrogen-bond acceptors (Lipinski definition) is 5. The van der Waals surface area contributed by atoms with Gasteiger partial charge < -0.3 is 14.8 Å². The van der Waals surface area contributed by atoms with E-state index in [-0.39, 0.29) is 0 Å². The Morgan fingerprint density at radius 1 is 1.33 bits per heavy atom. The van der Waals surface area contributed by atoms with Crippen molar-refractivity contribution in [1.82, 2.24) is 15.3 Å². The van der Waals surface area contributed by atoms with Crippen LogP contribution in [0.5, 0.6) is 11.8 Å². The highest BCUT2D eigenvalue weighted by atomic mass is 16.5. The Balaban J connectivity index is 1.80. The van der Waals surface area contributed by atoms with Crippen LogP contribution in [0.15, 0.2) is 6.07 Å². The van der Waals surface area contributed by atoms with Gasteiger partial charge in [-0.15, -0.1) is 0 Å². The van der Waals surface area contributed by atoms with Gasteiger partial charge in [-0.3, -0.25) is 0 Å². The van der Waals surface area contributed by atoms with Crippen LogP contribution >= 0.6 is 0 Å². The first-order chi connectivity index (χ1) is 8.78. The largest absolute Gasteiger partial charge is 0.481 e. The number of methoxy groups -OCH3 is 1. The summed E-state index contributed by atoms with van der Waals surface area (Å²) in [5, 5.41) is 3.50. The third-order valence-corrected chi connectivity index (χ3v) is 3.13. The van der Waals surface area contributed by atoms with E-state index in [1.165, 1.54) is 19.3 Å². The number of piperidine rings is 1. The Bertz CT molecular complexity index is 378. The van der Waals surface area contributed by atoms with Crippen molar-refractivity contribution in [3.8, 4) is 11.8 Å². The second-order valence-electron chi connectivity index (χ2n) is 4.58. The molecule has 1 saturated heterocycles. The lowest BCUT2D eigenvalue weighted by molar-refractivity contribution is 0.258. The molecule has 0 saturated carbocycles. The minimum absolute atomic E-state index is 0.549. The molecule has 2 rings (SSSR count). The molecule has 1 atom stereocenters. The Morgan fingerprint density at radius 2 is 2.17 bits per heavy atom. The average molecular weight is 251 g/mol. The van der Waals surface area contributed by atoms with Crippen LogP contribution in [0.1, 0.15) is 31.5 Å². The number of hydrogen-bond donors (Lipinski definition) is 1. The summed E-state index contributed by atoms with van der Waals surface area (Å²) in [4.78, 5) is 8.36. The molecule has 0 aliphatic carbocycles. The molecular formula is C13H21N3O2. The molecule has 5 heteroatoms. The van der Waals surface area contributed by atoms with Crippen molar-refractivity contribution in [3.05, 3.63) is 11.9 Å². The molecule has 1 fully saturated rings. The summed E-state index contributed by atoms with van der Waals surface area (Å²) in [6.07, 6.45) is 4.87. The normalized spacial score (nSPS) is 19.6. The third-order valence-electron chi connectivity index (χ3n) is 3.13. The molecule has 1 unspecified atom stereocenters. The molecule has 2 heterocycles. The van der Waals surface area contributed by atoms with E-state index in [1.807, 2.05) is 6.92 Å².